The molecule has 1 fully saturated rings. The number of nitrogens with one attached hydrogen (secondary N) is 1. The molecule has 0 aliphatic carbocycles. The van der Waals surface area contributed by atoms with E-state index < -0.39 is 0 Å². The zero-order valence-corrected chi connectivity index (χ0v) is 9.26. The highest BCUT2D eigenvalue weighted by Crippen LogP contribution is 2.15. The Balaban J connectivity index is 0.00000112. The zero-order valence-electron chi connectivity index (χ0n) is 8.44. The molecule has 1 saturated heterocycles. The number of benzene rings is 1. The van der Waals surface area contributed by atoms with E-state index in [-0.39, 0.29) is 12.4 Å². The minimum Gasteiger partial charge on any atom is -0.369 e. The summed E-state index contributed by atoms with van der Waals surface area (Å²) in [5.41, 5.74) is 1.89. The third kappa shape index (κ3) is 2.85. The minimum absolute atomic E-state index is 0. The first-order valence-electron chi connectivity index (χ1n) is 4.86. The predicted molar refractivity (Wildman–Crippen MR) is 63.5 cm³/mol. The van der Waals surface area contributed by atoms with Crippen LogP contribution in [0.1, 0.15) is 5.56 Å². The number of hydrogen-bond acceptors (Lipinski definition) is 3. The van der Waals surface area contributed by atoms with Gasteiger partial charge in [-0.05, 0) is 18.2 Å². The van der Waals surface area contributed by atoms with Crippen LogP contribution in [0.15, 0.2) is 24.3 Å². The monoisotopic (exact) mass is 223 g/mol. The number of rotatable bonds is 1. The van der Waals surface area contributed by atoms with Gasteiger partial charge < -0.3 is 10.2 Å². The number of halogens is 1. The van der Waals surface area contributed by atoms with Crippen molar-refractivity contribution in [2.45, 2.75) is 0 Å². The van der Waals surface area contributed by atoms with Gasteiger partial charge in [-0.3, -0.25) is 0 Å². The van der Waals surface area contributed by atoms with Gasteiger partial charge in [0.1, 0.15) is 0 Å². The van der Waals surface area contributed by atoms with Crippen molar-refractivity contribution in [2.75, 3.05) is 31.1 Å². The summed E-state index contributed by atoms with van der Waals surface area (Å²) in [4.78, 5) is 2.30. The van der Waals surface area contributed by atoms with Gasteiger partial charge in [-0.15, -0.1) is 12.4 Å². The van der Waals surface area contributed by atoms with E-state index in [4.69, 9.17) is 5.26 Å². The number of nitrogens with zero attached hydrogens (tertiary/aromatic N) is 2. The summed E-state index contributed by atoms with van der Waals surface area (Å²) in [7, 11) is 0. The van der Waals surface area contributed by atoms with E-state index in [2.05, 4.69) is 22.4 Å². The van der Waals surface area contributed by atoms with Crippen molar-refractivity contribution < 1.29 is 0 Å². The Hall–Kier alpha value is -1.24. The molecule has 0 aromatic heterocycles. The molecule has 0 saturated carbocycles. The van der Waals surface area contributed by atoms with Gasteiger partial charge in [0.15, 0.2) is 0 Å². The molecule has 1 N–H and O–H groups in total. The van der Waals surface area contributed by atoms with Crippen LogP contribution in [-0.2, 0) is 0 Å². The van der Waals surface area contributed by atoms with Gasteiger partial charge in [0.25, 0.3) is 0 Å². The fraction of sp³-hybridized carbons (Fsp3) is 0.364. The van der Waals surface area contributed by atoms with Crippen molar-refractivity contribution >= 4 is 18.1 Å². The standard InChI is InChI=1S/C11H13N3.ClH/c12-9-10-2-1-3-11(8-10)14-6-4-13-5-7-14;/h1-3,8,13H,4-7H2;1H. The topological polar surface area (TPSA) is 39.1 Å². The second-order valence-electron chi connectivity index (χ2n) is 3.40. The fourth-order valence-corrected chi connectivity index (χ4v) is 1.70. The van der Waals surface area contributed by atoms with Crippen molar-refractivity contribution in [1.82, 2.24) is 5.32 Å². The summed E-state index contributed by atoms with van der Waals surface area (Å²) < 4.78 is 0. The zero-order chi connectivity index (χ0) is 9.80. The molecule has 0 amide bonds. The van der Waals surface area contributed by atoms with Gasteiger partial charge >= 0.3 is 0 Å². The van der Waals surface area contributed by atoms with Gasteiger partial charge in [-0.25, -0.2) is 0 Å². The van der Waals surface area contributed by atoms with Crippen LogP contribution in [-0.4, -0.2) is 26.2 Å². The molecule has 3 nitrogen and oxygen atoms in total. The van der Waals surface area contributed by atoms with Gasteiger partial charge in [-0.1, -0.05) is 6.07 Å². The molecule has 80 valence electrons. The largest absolute Gasteiger partial charge is 0.369 e. The molecule has 2 rings (SSSR count). The molecule has 4 heteroatoms. The van der Waals surface area contributed by atoms with E-state index in [9.17, 15) is 0 Å². The Morgan fingerprint density at radius 2 is 2.00 bits per heavy atom. The number of anilines is 1. The van der Waals surface area contributed by atoms with Crippen molar-refractivity contribution in [3.8, 4) is 6.07 Å². The molecular weight excluding hydrogens is 210 g/mol. The third-order valence-electron chi connectivity index (χ3n) is 2.46. The third-order valence-corrected chi connectivity index (χ3v) is 2.46. The summed E-state index contributed by atoms with van der Waals surface area (Å²) in [6.45, 7) is 4.09. The van der Waals surface area contributed by atoms with Crippen LogP contribution in [0.2, 0.25) is 0 Å². The summed E-state index contributed by atoms with van der Waals surface area (Å²) in [6.07, 6.45) is 0. The van der Waals surface area contributed by atoms with Crippen molar-refractivity contribution in [3.05, 3.63) is 29.8 Å². The fourth-order valence-electron chi connectivity index (χ4n) is 1.70. The first-order valence-corrected chi connectivity index (χ1v) is 4.86. The maximum Gasteiger partial charge on any atom is 0.0992 e. The molecule has 15 heavy (non-hydrogen) atoms. The lowest BCUT2D eigenvalue weighted by molar-refractivity contribution is 0.589. The molecule has 0 unspecified atom stereocenters. The van der Waals surface area contributed by atoms with Crippen molar-refractivity contribution in [2.24, 2.45) is 0 Å². The highest BCUT2D eigenvalue weighted by molar-refractivity contribution is 5.85. The molecule has 0 spiro atoms. The maximum atomic E-state index is 8.78. The SMILES string of the molecule is Cl.N#Cc1cccc(N2CCNCC2)c1. The Kier molecular flexibility index (Phi) is 4.41. The van der Waals surface area contributed by atoms with Crippen LogP contribution < -0.4 is 10.2 Å². The summed E-state index contributed by atoms with van der Waals surface area (Å²) in [5.74, 6) is 0. The lowest BCUT2D eigenvalue weighted by Crippen LogP contribution is -2.43. The summed E-state index contributed by atoms with van der Waals surface area (Å²) in [5, 5.41) is 12.1. The Morgan fingerprint density at radius 3 is 2.67 bits per heavy atom. The van der Waals surface area contributed by atoms with Crippen LogP contribution in [0.5, 0.6) is 0 Å². The lowest BCUT2D eigenvalue weighted by Gasteiger charge is -2.29. The first kappa shape index (κ1) is 11.8. The lowest BCUT2D eigenvalue weighted by atomic mass is 10.2. The average molecular weight is 224 g/mol. The average Bonchev–Trinajstić information content (AvgIpc) is 2.30. The van der Waals surface area contributed by atoms with Crippen LogP contribution in [0.4, 0.5) is 5.69 Å². The van der Waals surface area contributed by atoms with Gasteiger partial charge in [0.2, 0.25) is 0 Å². The van der Waals surface area contributed by atoms with E-state index in [1.807, 2.05) is 18.2 Å². The van der Waals surface area contributed by atoms with E-state index in [0.717, 1.165) is 37.4 Å². The summed E-state index contributed by atoms with van der Waals surface area (Å²) in [6, 6.07) is 9.95. The number of piperazine rings is 1. The molecule has 0 radical (unpaired) electrons. The molecular formula is C11H14ClN3. The smallest absolute Gasteiger partial charge is 0.0992 e. The van der Waals surface area contributed by atoms with Crippen molar-refractivity contribution in [1.29, 1.82) is 5.26 Å². The van der Waals surface area contributed by atoms with Crippen molar-refractivity contribution in [3.63, 3.8) is 0 Å². The quantitative estimate of drug-likeness (QED) is 0.782. The molecule has 1 aromatic carbocycles. The van der Waals surface area contributed by atoms with Gasteiger partial charge in [0, 0.05) is 31.9 Å². The second kappa shape index (κ2) is 5.59. The van der Waals surface area contributed by atoms with E-state index >= 15 is 0 Å². The normalized spacial score (nSPS) is 15.3. The Morgan fingerprint density at radius 1 is 1.27 bits per heavy atom. The molecule has 0 bridgehead atoms. The van der Waals surface area contributed by atoms with Gasteiger partial charge in [0.05, 0.1) is 11.6 Å². The minimum atomic E-state index is 0. The molecule has 0 atom stereocenters. The summed E-state index contributed by atoms with van der Waals surface area (Å²) >= 11 is 0. The van der Waals surface area contributed by atoms with Crippen LogP contribution in [0, 0.1) is 11.3 Å². The van der Waals surface area contributed by atoms with Crippen LogP contribution in [0.25, 0.3) is 0 Å². The number of nitriles is 1. The molecule has 1 aliphatic heterocycles. The predicted octanol–water partition coefficient (Wildman–Crippen LogP) is 1.39. The van der Waals surface area contributed by atoms with Crippen LogP contribution >= 0.6 is 12.4 Å². The van der Waals surface area contributed by atoms with E-state index in [1.165, 1.54) is 0 Å². The number of hydrogen-bond donors (Lipinski definition) is 1. The first-order chi connectivity index (χ1) is 6.90. The van der Waals surface area contributed by atoms with E-state index in [0.29, 0.717) is 0 Å². The highest BCUT2D eigenvalue weighted by Gasteiger charge is 2.09. The Labute approximate surface area is 96.1 Å². The highest BCUT2D eigenvalue weighted by atomic mass is 35.5. The molecule has 1 aliphatic rings. The molecule has 1 aromatic rings. The van der Waals surface area contributed by atoms with Gasteiger partial charge in [-0.2, -0.15) is 5.26 Å². The second-order valence-corrected chi connectivity index (χ2v) is 3.40. The Bertz CT molecular complexity index is 353. The molecule has 1 heterocycles. The van der Waals surface area contributed by atoms with E-state index in [1.54, 1.807) is 0 Å². The maximum absolute atomic E-state index is 8.78. The van der Waals surface area contributed by atoms with Crippen LogP contribution in [0.3, 0.4) is 0 Å².